The monoisotopic (exact) mass is 270 g/mol. The van der Waals surface area contributed by atoms with Crippen LogP contribution in [0.2, 0.25) is 0 Å². The van der Waals surface area contributed by atoms with Gasteiger partial charge >= 0.3 is 0 Å². The predicted molar refractivity (Wildman–Crippen MR) is 57.3 cm³/mol. The third-order valence-electron chi connectivity index (χ3n) is 6.79. The van der Waals surface area contributed by atoms with Crippen molar-refractivity contribution < 1.29 is 10.2 Å². The van der Waals surface area contributed by atoms with Crippen molar-refractivity contribution in [3.63, 3.8) is 0 Å². The Bertz CT molecular complexity index is 393. The van der Waals surface area contributed by atoms with Crippen molar-refractivity contribution >= 4 is 15.9 Å². The molecule has 6 saturated carbocycles. The summed E-state index contributed by atoms with van der Waals surface area (Å²) in [5.74, 6) is 3.70. The number of alkyl halides is 1. The smallest absolute Gasteiger partial charge is 0.0867 e. The van der Waals surface area contributed by atoms with Crippen LogP contribution in [0.15, 0.2) is 0 Å². The Morgan fingerprint density at radius 3 is 2.47 bits per heavy atom. The van der Waals surface area contributed by atoms with E-state index in [2.05, 4.69) is 15.9 Å². The zero-order valence-electron chi connectivity index (χ0n) is 8.60. The van der Waals surface area contributed by atoms with Gasteiger partial charge in [0.25, 0.3) is 0 Å². The predicted octanol–water partition coefficient (Wildman–Crippen LogP) is 1.00. The third-order valence-corrected chi connectivity index (χ3v) is 8.13. The van der Waals surface area contributed by atoms with Crippen molar-refractivity contribution in [2.45, 2.75) is 29.4 Å². The van der Waals surface area contributed by atoms with Crippen molar-refractivity contribution in [1.29, 1.82) is 0 Å². The van der Waals surface area contributed by atoms with Gasteiger partial charge in [0.05, 0.1) is 11.2 Å². The standard InChI is InChI=1S/C12H15BrO2/c1-11(14)7-3-2-4-6-5(3)9(11)12(15,8(4)7)10(6)13/h3-10,14-15H,2H2,1H3/t3-,4+,5+,6-,7-,8+,9-,10+,11+,12+/m1/s1. The van der Waals surface area contributed by atoms with E-state index in [0.29, 0.717) is 29.6 Å². The van der Waals surface area contributed by atoms with Gasteiger partial charge in [-0.3, -0.25) is 0 Å². The number of aliphatic hydroxyl groups is 2. The SMILES string of the molecule is C[C@]1(O)[C@@H]2[C@@H]3C[C@H]4[C@@H]5[C@H]3[C@H]1[C@@](O)([C@@H]42)[C@H]5Br. The van der Waals surface area contributed by atoms with Gasteiger partial charge in [-0.05, 0) is 48.9 Å². The van der Waals surface area contributed by atoms with E-state index in [0.717, 1.165) is 5.92 Å². The van der Waals surface area contributed by atoms with Crippen LogP contribution in [-0.4, -0.2) is 26.2 Å². The molecule has 0 aromatic carbocycles. The molecule has 3 heteroatoms. The summed E-state index contributed by atoms with van der Waals surface area (Å²) < 4.78 is 0. The van der Waals surface area contributed by atoms with Crippen LogP contribution in [-0.2, 0) is 0 Å². The fourth-order valence-electron chi connectivity index (χ4n) is 7.06. The quantitative estimate of drug-likeness (QED) is 0.645. The minimum atomic E-state index is -0.583. The summed E-state index contributed by atoms with van der Waals surface area (Å²) in [5.41, 5.74) is -1.15. The molecule has 82 valence electrons. The van der Waals surface area contributed by atoms with Crippen LogP contribution >= 0.6 is 15.9 Å². The van der Waals surface area contributed by atoms with E-state index < -0.39 is 11.2 Å². The lowest BCUT2D eigenvalue weighted by atomic mass is 9.69. The molecule has 2 N–H and O–H groups in total. The first kappa shape index (κ1) is 8.48. The summed E-state index contributed by atoms with van der Waals surface area (Å²) in [6.45, 7) is 1.98. The highest BCUT2D eigenvalue weighted by atomic mass is 79.9. The molecule has 6 fully saturated rings. The molecule has 0 heterocycles. The maximum Gasteiger partial charge on any atom is 0.0867 e. The Hall–Kier alpha value is 0.400. The number of halogens is 1. The number of rotatable bonds is 0. The molecule has 0 aromatic rings. The van der Waals surface area contributed by atoms with Crippen LogP contribution in [0.5, 0.6) is 0 Å². The van der Waals surface area contributed by atoms with Crippen molar-refractivity contribution in [1.82, 2.24) is 0 Å². The van der Waals surface area contributed by atoms with E-state index in [1.807, 2.05) is 6.92 Å². The first-order valence-corrected chi connectivity index (χ1v) is 7.01. The second-order valence-corrected chi connectivity index (χ2v) is 7.75. The van der Waals surface area contributed by atoms with E-state index in [4.69, 9.17) is 0 Å². The Morgan fingerprint density at radius 2 is 1.80 bits per heavy atom. The maximum absolute atomic E-state index is 10.9. The minimum absolute atomic E-state index is 0.165. The van der Waals surface area contributed by atoms with Gasteiger partial charge in [0.15, 0.2) is 0 Å². The van der Waals surface area contributed by atoms with Crippen LogP contribution in [0.1, 0.15) is 13.3 Å². The fraction of sp³-hybridized carbons (Fsp3) is 1.00. The highest BCUT2D eigenvalue weighted by molar-refractivity contribution is 9.09. The van der Waals surface area contributed by atoms with Crippen molar-refractivity contribution in [2.24, 2.45) is 41.4 Å². The highest BCUT2D eigenvalue weighted by Crippen LogP contribution is 2.87. The zero-order chi connectivity index (χ0) is 10.3. The maximum atomic E-state index is 10.9. The molecule has 0 amide bonds. The summed E-state index contributed by atoms with van der Waals surface area (Å²) in [6, 6.07) is 0. The molecule has 0 saturated heterocycles. The minimum Gasteiger partial charge on any atom is -0.389 e. The molecule has 2 nitrogen and oxygen atoms in total. The molecule has 6 aliphatic rings. The second-order valence-electron chi connectivity index (χ2n) is 6.76. The van der Waals surface area contributed by atoms with Gasteiger partial charge in [-0.15, -0.1) is 0 Å². The van der Waals surface area contributed by atoms with Gasteiger partial charge in [0.1, 0.15) is 0 Å². The topological polar surface area (TPSA) is 40.5 Å². The highest BCUT2D eigenvalue weighted by Gasteiger charge is 2.91. The van der Waals surface area contributed by atoms with E-state index in [1.165, 1.54) is 6.42 Å². The lowest BCUT2D eigenvalue weighted by Crippen LogP contribution is -2.47. The molecule has 0 aliphatic heterocycles. The first-order chi connectivity index (χ1) is 7.00. The largest absolute Gasteiger partial charge is 0.389 e. The van der Waals surface area contributed by atoms with Crippen LogP contribution in [0.3, 0.4) is 0 Å². The molecule has 0 aromatic heterocycles. The van der Waals surface area contributed by atoms with Crippen molar-refractivity contribution in [3.8, 4) is 0 Å². The van der Waals surface area contributed by atoms with Crippen LogP contribution < -0.4 is 0 Å². The molecular weight excluding hydrogens is 256 g/mol. The van der Waals surface area contributed by atoms with E-state index in [9.17, 15) is 10.2 Å². The van der Waals surface area contributed by atoms with Crippen LogP contribution in [0.25, 0.3) is 0 Å². The van der Waals surface area contributed by atoms with E-state index in [1.54, 1.807) is 0 Å². The Labute approximate surface area is 97.2 Å². The summed E-state index contributed by atoms with van der Waals surface area (Å²) in [6.07, 6.45) is 1.28. The molecule has 6 aliphatic carbocycles. The van der Waals surface area contributed by atoms with Gasteiger partial charge in [-0.2, -0.15) is 0 Å². The van der Waals surface area contributed by atoms with Crippen molar-refractivity contribution in [2.75, 3.05) is 0 Å². The average Bonchev–Trinajstić information content (AvgIpc) is 2.81. The lowest BCUT2D eigenvalue weighted by Gasteiger charge is -2.38. The Morgan fingerprint density at radius 1 is 1.13 bits per heavy atom. The molecule has 6 rings (SSSR count). The van der Waals surface area contributed by atoms with Gasteiger partial charge in [-0.25, -0.2) is 0 Å². The zero-order valence-corrected chi connectivity index (χ0v) is 10.2. The Balaban J connectivity index is 1.88. The molecule has 6 bridgehead atoms. The van der Waals surface area contributed by atoms with Crippen molar-refractivity contribution in [3.05, 3.63) is 0 Å². The summed E-state index contributed by atoms with van der Waals surface area (Å²) in [4.78, 5) is 0.263. The summed E-state index contributed by atoms with van der Waals surface area (Å²) >= 11 is 3.73. The normalized spacial score (nSPS) is 85.6. The molecule has 0 radical (unpaired) electrons. The van der Waals surface area contributed by atoms with Crippen LogP contribution in [0, 0.1) is 41.4 Å². The average molecular weight is 271 g/mol. The molecule has 0 unspecified atom stereocenters. The third kappa shape index (κ3) is 0.502. The summed E-state index contributed by atoms with van der Waals surface area (Å²) in [5, 5.41) is 21.6. The summed E-state index contributed by atoms with van der Waals surface area (Å²) in [7, 11) is 0. The lowest BCUT2D eigenvalue weighted by molar-refractivity contribution is -0.0700. The molecule has 10 atom stereocenters. The van der Waals surface area contributed by atoms with Gasteiger partial charge in [-0.1, -0.05) is 15.9 Å². The van der Waals surface area contributed by atoms with E-state index in [-0.39, 0.29) is 10.7 Å². The van der Waals surface area contributed by atoms with Crippen LogP contribution in [0.4, 0.5) is 0 Å². The van der Waals surface area contributed by atoms with Gasteiger partial charge < -0.3 is 10.2 Å². The number of hydrogen-bond acceptors (Lipinski definition) is 2. The molecule has 0 spiro atoms. The molecule has 15 heavy (non-hydrogen) atoms. The van der Waals surface area contributed by atoms with Gasteiger partial charge in [0.2, 0.25) is 0 Å². The second kappa shape index (κ2) is 1.85. The van der Waals surface area contributed by atoms with Gasteiger partial charge in [0, 0.05) is 10.7 Å². The van der Waals surface area contributed by atoms with E-state index >= 15 is 0 Å². The fourth-order valence-corrected chi connectivity index (χ4v) is 8.39. The first-order valence-electron chi connectivity index (χ1n) is 6.09. The molecular formula is C12H15BrO2. The Kier molecular flexibility index (Phi) is 1.05. The number of hydrogen-bond donors (Lipinski definition) is 2.